The third kappa shape index (κ3) is 2.99. The highest BCUT2D eigenvalue weighted by molar-refractivity contribution is 5.94. The lowest BCUT2D eigenvalue weighted by atomic mass is 10.0. The SMILES string of the molecule is CN1Cc2ccccc2C1CNC(=O)c1ccc(-c2cnnn2C)cc1. The minimum absolute atomic E-state index is 0.0579. The zero-order valence-corrected chi connectivity index (χ0v) is 14.9. The van der Waals surface area contributed by atoms with Crippen LogP contribution in [0.5, 0.6) is 0 Å². The third-order valence-electron chi connectivity index (χ3n) is 4.98. The van der Waals surface area contributed by atoms with Crippen LogP contribution in [0.1, 0.15) is 27.5 Å². The molecule has 1 amide bonds. The summed E-state index contributed by atoms with van der Waals surface area (Å²) >= 11 is 0. The van der Waals surface area contributed by atoms with Crippen LogP contribution in [0.15, 0.2) is 54.7 Å². The van der Waals surface area contributed by atoms with Crippen LogP contribution in [0.3, 0.4) is 0 Å². The lowest BCUT2D eigenvalue weighted by molar-refractivity contribution is 0.0941. The van der Waals surface area contributed by atoms with Crippen molar-refractivity contribution in [2.24, 2.45) is 7.05 Å². The van der Waals surface area contributed by atoms with Crippen molar-refractivity contribution in [2.45, 2.75) is 12.6 Å². The molecule has 1 N–H and O–H groups in total. The van der Waals surface area contributed by atoms with Gasteiger partial charge in [0.15, 0.2) is 0 Å². The second-order valence-corrected chi connectivity index (χ2v) is 6.66. The predicted octanol–water partition coefficient (Wildman–Crippen LogP) is 2.40. The quantitative estimate of drug-likeness (QED) is 0.787. The van der Waals surface area contributed by atoms with Gasteiger partial charge in [0.2, 0.25) is 0 Å². The molecular weight excluding hydrogens is 326 g/mol. The van der Waals surface area contributed by atoms with E-state index >= 15 is 0 Å². The van der Waals surface area contributed by atoms with E-state index in [1.165, 1.54) is 11.1 Å². The summed E-state index contributed by atoms with van der Waals surface area (Å²) < 4.78 is 1.71. The zero-order valence-electron chi connectivity index (χ0n) is 14.9. The van der Waals surface area contributed by atoms with E-state index in [2.05, 4.69) is 51.8 Å². The summed E-state index contributed by atoms with van der Waals surface area (Å²) in [5, 5.41) is 10.9. The lowest BCUT2D eigenvalue weighted by Crippen LogP contribution is -2.32. The molecule has 2 heterocycles. The molecule has 0 saturated carbocycles. The number of fused-ring (bicyclic) bond motifs is 1. The molecule has 6 nitrogen and oxygen atoms in total. The van der Waals surface area contributed by atoms with Crippen molar-refractivity contribution < 1.29 is 4.79 Å². The first kappa shape index (κ1) is 16.5. The van der Waals surface area contributed by atoms with E-state index in [1.807, 2.05) is 31.3 Å². The first-order valence-corrected chi connectivity index (χ1v) is 8.65. The second-order valence-electron chi connectivity index (χ2n) is 6.66. The smallest absolute Gasteiger partial charge is 0.251 e. The van der Waals surface area contributed by atoms with Crippen LogP contribution in [0, 0.1) is 0 Å². The summed E-state index contributed by atoms with van der Waals surface area (Å²) in [6.07, 6.45) is 1.71. The molecule has 1 aromatic heterocycles. The molecule has 132 valence electrons. The number of amides is 1. The lowest BCUT2D eigenvalue weighted by Gasteiger charge is -2.21. The molecule has 0 radical (unpaired) electrons. The Bertz CT molecular complexity index is 931. The van der Waals surface area contributed by atoms with Gasteiger partial charge < -0.3 is 5.32 Å². The van der Waals surface area contributed by atoms with Crippen LogP contribution in [0.4, 0.5) is 0 Å². The van der Waals surface area contributed by atoms with Gasteiger partial charge in [0.25, 0.3) is 5.91 Å². The molecule has 26 heavy (non-hydrogen) atoms. The van der Waals surface area contributed by atoms with E-state index in [0.29, 0.717) is 12.1 Å². The number of hydrogen-bond donors (Lipinski definition) is 1. The summed E-state index contributed by atoms with van der Waals surface area (Å²) in [4.78, 5) is 14.8. The molecule has 2 aromatic carbocycles. The largest absolute Gasteiger partial charge is 0.350 e. The standard InChI is InChI=1S/C20H21N5O/c1-24-13-16-5-3-4-6-17(16)19(24)11-21-20(26)15-9-7-14(8-10-15)18-12-22-23-25(18)2/h3-10,12,19H,11,13H2,1-2H3,(H,21,26). The van der Waals surface area contributed by atoms with Gasteiger partial charge in [-0.1, -0.05) is 41.6 Å². The van der Waals surface area contributed by atoms with E-state index in [-0.39, 0.29) is 11.9 Å². The number of carbonyl (C=O) groups is 1. The molecule has 0 bridgehead atoms. The maximum Gasteiger partial charge on any atom is 0.251 e. The molecule has 0 fully saturated rings. The van der Waals surface area contributed by atoms with Crippen LogP contribution in [0.25, 0.3) is 11.3 Å². The van der Waals surface area contributed by atoms with Crippen molar-refractivity contribution >= 4 is 5.91 Å². The summed E-state index contributed by atoms with van der Waals surface area (Å²) in [6.45, 7) is 1.52. The Hall–Kier alpha value is -2.99. The zero-order chi connectivity index (χ0) is 18.1. The van der Waals surface area contributed by atoms with Gasteiger partial charge in [-0.25, -0.2) is 4.68 Å². The second kappa shape index (κ2) is 6.72. The van der Waals surface area contributed by atoms with Gasteiger partial charge in [0.05, 0.1) is 17.9 Å². The van der Waals surface area contributed by atoms with Gasteiger partial charge in [-0.15, -0.1) is 5.10 Å². The Balaban J connectivity index is 1.43. The Morgan fingerprint density at radius 1 is 1.15 bits per heavy atom. The molecule has 1 atom stereocenters. The minimum atomic E-state index is -0.0579. The van der Waals surface area contributed by atoms with Crippen molar-refractivity contribution in [2.75, 3.05) is 13.6 Å². The monoisotopic (exact) mass is 347 g/mol. The molecule has 4 rings (SSSR count). The topological polar surface area (TPSA) is 63.1 Å². The van der Waals surface area contributed by atoms with E-state index in [4.69, 9.17) is 0 Å². The summed E-state index contributed by atoms with van der Waals surface area (Å²) in [7, 11) is 3.94. The van der Waals surface area contributed by atoms with E-state index in [1.54, 1.807) is 10.9 Å². The van der Waals surface area contributed by atoms with Crippen molar-refractivity contribution in [3.05, 3.63) is 71.4 Å². The highest BCUT2D eigenvalue weighted by Crippen LogP contribution is 2.31. The molecule has 0 spiro atoms. The number of nitrogens with one attached hydrogen (secondary N) is 1. The van der Waals surface area contributed by atoms with Gasteiger partial charge in [-0.3, -0.25) is 9.69 Å². The van der Waals surface area contributed by atoms with Gasteiger partial charge in [0.1, 0.15) is 0 Å². The molecule has 1 unspecified atom stereocenters. The number of hydrogen-bond acceptors (Lipinski definition) is 4. The third-order valence-corrected chi connectivity index (χ3v) is 4.98. The van der Waals surface area contributed by atoms with Crippen LogP contribution < -0.4 is 5.32 Å². The highest BCUT2D eigenvalue weighted by atomic mass is 16.1. The van der Waals surface area contributed by atoms with Crippen molar-refractivity contribution in [1.29, 1.82) is 0 Å². The van der Waals surface area contributed by atoms with E-state index in [0.717, 1.165) is 17.8 Å². The van der Waals surface area contributed by atoms with Crippen molar-refractivity contribution in [1.82, 2.24) is 25.2 Å². The molecule has 3 aromatic rings. The number of benzene rings is 2. The number of aromatic nitrogens is 3. The number of aryl methyl sites for hydroxylation is 1. The van der Waals surface area contributed by atoms with Crippen LogP contribution >= 0.6 is 0 Å². The van der Waals surface area contributed by atoms with Gasteiger partial charge >= 0.3 is 0 Å². The summed E-state index contributed by atoms with van der Waals surface area (Å²) in [5.74, 6) is -0.0579. The number of rotatable bonds is 4. The Morgan fingerprint density at radius 2 is 1.92 bits per heavy atom. The number of likely N-dealkylation sites (N-methyl/N-ethyl adjacent to an activating group) is 1. The molecule has 0 aliphatic carbocycles. The fraction of sp³-hybridized carbons (Fsp3) is 0.250. The molecule has 1 aliphatic rings. The highest BCUT2D eigenvalue weighted by Gasteiger charge is 2.27. The summed E-state index contributed by atoms with van der Waals surface area (Å²) in [5.41, 5.74) is 5.19. The Kier molecular flexibility index (Phi) is 4.26. The average Bonchev–Trinajstić information content (AvgIpc) is 3.22. The number of carbonyl (C=O) groups excluding carboxylic acids is 1. The van der Waals surface area contributed by atoms with Crippen molar-refractivity contribution in [3.63, 3.8) is 0 Å². The van der Waals surface area contributed by atoms with Gasteiger partial charge in [-0.2, -0.15) is 0 Å². The number of nitrogens with zero attached hydrogens (tertiary/aromatic N) is 4. The maximum absolute atomic E-state index is 12.5. The average molecular weight is 347 g/mol. The molecular formula is C20H21N5O. The van der Waals surface area contributed by atoms with Crippen LogP contribution in [-0.4, -0.2) is 39.4 Å². The van der Waals surface area contributed by atoms with Crippen molar-refractivity contribution in [3.8, 4) is 11.3 Å². The van der Waals surface area contributed by atoms with Gasteiger partial charge in [-0.05, 0) is 30.3 Å². The van der Waals surface area contributed by atoms with Gasteiger partial charge in [0, 0.05) is 31.3 Å². The molecule has 0 saturated heterocycles. The molecule has 6 heteroatoms. The fourth-order valence-corrected chi connectivity index (χ4v) is 3.52. The van der Waals surface area contributed by atoms with Crippen LogP contribution in [-0.2, 0) is 13.6 Å². The first-order valence-electron chi connectivity index (χ1n) is 8.65. The predicted molar refractivity (Wildman–Crippen MR) is 99.4 cm³/mol. The van der Waals surface area contributed by atoms with E-state index in [9.17, 15) is 4.79 Å². The minimum Gasteiger partial charge on any atom is -0.350 e. The van der Waals surface area contributed by atoms with E-state index < -0.39 is 0 Å². The maximum atomic E-state index is 12.5. The Morgan fingerprint density at radius 3 is 2.65 bits per heavy atom. The first-order chi connectivity index (χ1) is 12.6. The Labute approximate surface area is 152 Å². The normalized spacial score (nSPS) is 16.5. The fourth-order valence-electron chi connectivity index (χ4n) is 3.52. The molecule has 1 aliphatic heterocycles. The summed E-state index contributed by atoms with van der Waals surface area (Å²) in [6, 6.07) is 16.1. The van der Waals surface area contributed by atoms with Crippen LogP contribution in [0.2, 0.25) is 0 Å².